The smallest absolute Gasteiger partial charge is 0.455 e. The number of β-lactam (4-membered cyclic amide) rings is 1. The van der Waals surface area contributed by atoms with E-state index < -0.39 is 51.0 Å². The molecule has 14 heteroatoms. The summed E-state index contributed by atoms with van der Waals surface area (Å²) >= 11 is 23.7. The summed E-state index contributed by atoms with van der Waals surface area (Å²) in [6.07, 6.45) is -1.14. The van der Waals surface area contributed by atoms with E-state index in [0.29, 0.717) is 5.57 Å². The summed E-state index contributed by atoms with van der Waals surface area (Å²) < 4.78 is 13.2. The zero-order valence-electron chi connectivity index (χ0n) is 20.0. The van der Waals surface area contributed by atoms with Crippen molar-refractivity contribution in [1.29, 1.82) is 0 Å². The summed E-state index contributed by atoms with van der Waals surface area (Å²) in [6, 6.07) is 8.27. The Morgan fingerprint density at radius 3 is 2.41 bits per heavy atom. The molecule has 0 spiro atoms. The van der Waals surface area contributed by atoms with E-state index in [1.807, 2.05) is 30.3 Å². The van der Waals surface area contributed by atoms with Gasteiger partial charge in [-0.3, -0.25) is 14.5 Å². The first kappa shape index (κ1) is 29.7. The van der Waals surface area contributed by atoms with Crippen molar-refractivity contribution in [3.05, 3.63) is 47.2 Å². The van der Waals surface area contributed by atoms with E-state index in [2.05, 4.69) is 5.32 Å². The maximum atomic E-state index is 13.1. The molecule has 1 N–H and O–H groups in total. The Labute approximate surface area is 238 Å². The molecular formula is C23H24Cl4N2O7S. The van der Waals surface area contributed by atoms with E-state index in [9.17, 15) is 19.2 Å². The summed E-state index contributed by atoms with van der Waals surface area (Å²) in [5.41, 5.74) is -1.44. The number of ether oxygens (including phenoxy) is 3. The van der Waals surface area contributed by atoms with E-state index in [0.717, 1.165) is 5.56 Å². The number of alkyl halides is 4. The second kappa shape index (κ2) is 11.9. The van der Waals surface area contributed by atoms with Crippen LogP contribution < -0.4 is 5.32 Å². The Morgan fingerprint density at radius 1 is 1.16 bits per heavy atom. The first-order valence-electron chi connectivity index (χ1n) is 10.9. The molecule has 2 unspecified atom stereocenters. The minimum atomic E-state index is -2.08. The van der Waals surface area contributed by atoms with Crippen LogP contribution in [-0.4, -0.2) is 67.6 Å². The Morgan fingerprint density at radius 2 is 1.81 bits per heavy atom. The zero-order valence-corrected chi connectivity index (χ0v) is 23.8. The second-order valence-corrected chi connectivity index (χ2v) is 13.0. The highest BCUT2D eigenvalue weighted by Crippen LogP contribution is 2.41. The van der Waals surface area contributed by atoms with Crippen LogP contribution in [0.15, 0.2) is 41.6 Å². The number of thioether (sulfide) groups is 1. The van der Waals surface area contributed by atoms with Crippen molar-refractivity contribution in [1.82, 2.24) is 10.2 Å². The highest BCUT2D eigenvalue weighted by molar-refractivity contribution is 8.00. The molecule has 0 aromatic heterocycles. The number of amides is 2. The van der Waals surface area contributed by atoms with Gasteiger partial charge in [-0.1, -0.05) is 76.7 Å². The van der Waals surface area contributed by atoms with Crippen LogP contribution in [0.25, 0.3) is 0 Å². The summed E-state index contributed by atoms with van der Waals surface area (Å²) in [6.45, 7) is 4.62. The van der Waals surface area contributed by atoms with E-state index in [1.165, 1.54) is 16.7 Å². The third-order valence-corrected chi connectivity index (χ3v) is 7.67. The van der Waals surface area contributed by atoms with Crippen molar-refractivity contribution in [3.8, 4) is 0 Å². The van der Waals surface area contributed by atoms with Gasteiger partial charge in [0, 0.05) is 11.3 Å². The van der Waals surface area contributed by atoms with Gasteiger partial charge in [-0.25, -0.2) is 9.59 Å². The van der Waals surface area contributed by atoms with Crippen molar-refractivity contribution in [3.63, 3.8) is 0 Å². The van der Waals surface area contributed by atoms with Crippen LogP contribution in [0.5, 0.6) is 0 Å². The van der Waals surface area contributed by atoms with Gasteiger partial charge in [0.05, 0.1) is 6.42 Å². The third kappa shape index (κ3) is 7.83. The van der Waals surface area contributed by atoms with Gasteiger partial charge in [0.2, 0.25) is 15.3 Å². The van der Waals surface area contributed by atoms with Gasteiger partial charge >= 0.3 is 12.1 Å². The maximum Gasteiger partial charge on any atom is 0.510 e. The molecule has 3 atom stereocenters. The van der Waals surface area contributed by atoms with Crippen molar-refractivity contribution < 1.29 is 33.4 Å². The van der Waals surface area contributed by atoms with Crippen LogP contribution in [0.1, 0.15) is 26.3 Å². The van der Waals surface area contributed by atoms with E-state index >= 15 is 0 Å². The maximum absolute atomic E-state index is 13.1. The summed E-state index contributed by atoms with van der Waals surface area (Å²) in [5.74, 6) is -1.38. The number of hydrogen-bond acceptors (Lipinski definition) is 8. The minimum Gasteiger partial charge on any atom is -0.455 e. The molecule has 202 valence electrons. The van der Waals surface area contributed by atoms with Gasteiger partial charge in [0.25, 0.3) is 5.91 Å². The van der Waals surface area contributed by atoms with Gasteiger partial charge in [0.15, 0.2) is 0 Å². The zero-order chi connectivity index (χ0) is 27.5. The van der Waals surface area contributed by atoms with Gasteiger partial charge in [-0.2, -0.15) is 0 Å². The molecule has 3 rings (SSSR count). The lowest BCUT2D eigenvalue weighted by Gasteiger charge is -2.49. The summed E-state index contributed by atoms with van der Waals surface area (Å²) in [7, 11) is 0. The lowest BCUT2D eigenvalue weighted by atomic mass is 10.0. The van der Waals surface area contributed by atoms with Crippen LogP contribution in [0.2, 0.25) is 0 Å². The quantitative estimate of drug-likeness (QED) is 0.275. The van der Waals surface area contributed by atoms with Crippen molar-refractivity contribution in [2.24, 2.45) is 0 Å². The molecule has 0 aliphatic carbocycles. The molecular weight excluding hydrogens is 590 g/mol. The number of fused-ring (bicyclic) bond motifs is 1. The van der Waals surface area contributed by atoms with Crippen LogP contribution >= 0.6 is 58.2 Å². The van der Waals surface area contributed by atoms with Crippen LogP contribution in [0.4, 0.5) is 4.79 Å². The van der Waals surface area contributed by atoms with Crippen molar-refractivity contribution in [2.75, 3.05) is 12.4 Å². The Hall–Kier alpha value is -1.85. The lowest BCUT2D eigenvalue weighted by Crippen LogP contribution is -2.71. The molecule has 2 aliphatic heterocycles. The average Bonchev–Trinajstić information content (AvgIpc) is 2.79. The summed E-state index contributed by atoms with van der Waals surface area (Å²) in [4.78, 5) is 51.9. The fourth-order valence-electron chi connectivity index (χ4n) is 3.45. The molecule has 2 amide bonds. The van der Waals surface area contributed by atoms with E-state index in [1.54, 1.807) is 20.8 Å². The second-order valence-electron chi connectivity index (χ2n) is 9.09. The van der Waals surface area contributed by atoms with Gasteiger partial charge in [-0.05, 0) is 26.3 Å². The fraction of sp³-hybridized carbons (Fsp3) is 0.478. The molecule has 0 saturated carbocycles. The standard InChI is InChI=1S/C23H24Cl4N2O7S/c1-22(2,3)36-19(32)16-13(10-34-21(33)35-20(24)23(25,26)27)11-37-18-15(17(31)29(16)18)28-14(30)9-12-7-5-4-6-8-12/h4-8,15,18,20H,9-11H2,1-3H3,(H,28,30)/t15-,18?,20?/m1/s1. The molecule has 1 aromatic carbocycles. The molecule has 0 radical (unpaired) electrons. The first-order chi connectivity index (χ1) is 17.2. The van der Waals surface area contributed by atoms with Crippen LogP contribution in [0.3, 0.4) is 0 Å². The predicted molar refractivity (Wildman–Crippen MR) is 140 cm³/mol. The van der Waals surface area contributed by atoms with E-state index in [-0.39, 0.29) is 23.8 Å². The third-order valence-electron chi connectivity index (χ3n) is 4.98. The molecule has 9 nitrogen and oxygen atoms in total. The number of halogens is 4. The highest BCUT2D eigenvalue weighted by atomic mass is 35.6. The molecule has 37 heavy (non-hydrogen) atoms. The number of carbonyl (C=O) groups is 4. The largest absolute Gasteiger partial charge is 0.510 e. The lowest BCUT2D eigenvalue weighted by molar-refractivity contribution is -0.159. The fourth-order valence-corrected chi connectivity index (χ4v) is 4.98. The molecule has 1 aromatic rings. The number of nitrogens with zero attached hydrogens (tertiary/aromatic N) is 1. The number of hydrogen-bond donors (Lipinski definition) is 1. The normalized spacial score (nSPS) is 20.4. The number of esters is 1. The Kier molecular flexibility index (Phi) is 9.56. The number of carbonyl (C=O) groups excluding carboxylic acids is 4. The predicted octanol–water partition coefficient (Wildman–Crippen LogP) is 4.31. The Balaban J connectivity index is 1.73. The molecule has 2 aliphatic rings. The van der Waals surface area contributed by atoms with Crippen LogP contribution in [-0.2, 0) is 35.0 Å². The van der Waals surface area contributed by atoms with Crippen LogP contribution in [0, 0.1) is 0 Å². The van der Waals surface area contributed by atoms with Gasteiger partial charge in [-0.15, -0.1) is 11.8 Å². The van der Waals surface area contributed by atoms with Crippen molar-refractivity contribution in [2.45, 2.75) is 53.6 Å². The first-order valence-corrected chi connectivity index (χ1v) is 13.6. The van der Waals surface area contributed by atoms with Gasteiger partial charge in [0.1, 0.15) is 29.3 Å². The molecule has 0 bridgehead atoms. The number of rotatable bonds is 7. The number of benzene rings is 1. The molecule has 2 heterocycles. The average molecular weight is 614 g/mol. The minimum absolute atomic E-state index is 0.0613. The van der Waals surface area contributed by atoms with Crippen molar-refractivity contribution >= 4 is 82.1 Å². The van der Waals surface area contributed by atoms with E-state index in [4.69, 9.17) is 60.6 Å². The molecule has 1 saturated heterocycles. The van der Waals surface area contributed by atoms with Gasteiger partial charge < -0.3 is 19.5 Å². The topological polar surface area (TPSA) is 111 Å². The number of nitrogens with one attached hydrogen (secondary N) is 1. The summed E-state index contributed by atoms with van der Waals surface area (Å²) in [5, 5.41) is 2.20. The highest BCUT2D eigenvalue weighted by Gasteiger charge is 2.54. The monoisotopic (exact) mass is 612 g/mol. The Bertz CT molecular complexity index is 1090. The SMILES string of the molecule is CC(C)(C)OC(=O)C1=C(COC(=O)OC(Cl)C(Cl)(Cl)Cl)CSC2[C@H](NC(=O)Cc3ccccc3)C(=O)N12. The molecule has 1 fully saturated rings.